The highest BCUT2D eigenvalue weighted by atomic mass is 79.9. The molecule has 2 heteroatoms. The average molecular weight is 334 g/mol. The Kier molecular flexibility index (Phi) is 20.6. The molecule has 19 heavy (non-hydrogen) atoms. The molecular weight excluding hydrogens is 298 g/mol. The molecule has 0 saturated heterocycles. The molecule has 0 aliphatic heterocycles. The summed E-state index contributed by atoms with van der Waals surface area (Å²) < 4.78 is 0. The minimum Gasteiger partial charge on any atom is -1.00 e. The van der Waals surface area contributed by atoms with Crippen molar-refractivity contribution in [1.82, 2.24) is 0 Å². The summed E-state index contributed by atoms with van der Waals surface area (Å²) in [5.41, 5.74) is 0. The minimum atomic E-state index is 0. The summed E-state index contributed by atoms with van der Waals surface area (Å²) in [5, 5.41) is 0. The number of allylic oxidation sites excluding steroid dienone is 1. The molecule has 0 aromatic heterocycles. The molecule has 0 radical (unpaired) electrons. The van der Waals surface area contributed by atoms with Crippen LogP contribution in [0.15, 0.2) is 12.2 Å². The van der Waals surface area contributed by atoms with Crippen LogP contribution >= 0.6 is 0 Å². The first kappa shape index (κ1) is 21.5. The van der Waals surface area contributed by atoms with E-state index < -0.39 is 0 Å². The third-order valence-corrected chi connectivity index (χ3v) is 3.45. The van der Waals surface area contributed by atoms with Gasteiger partial charge in [0, 0.05) is 6.42 Å². The Morgan fingerprint density at radius 3 is 1.68 bits per heavy atom. The molecule has 116 valence electrons. The van der Waals surface area contributed by atoms with Gasteiger partial charge >= 0.3 is 0 Å². The van der Waals surface area contributed by atoms with E-state index >= 15 is 0 Å². The van der Waals surface area contributed by atoms with Crippen LogP contribution in [-0.4, -0.2) is 20.6 Å². The smallest absolute Gasteiger partial charge is 0.0801 e. The fraction of sp³-hybridized carbons (Fsp3) is 0.882. The van der Waals surface area contributed by atoms with Crippen molar-refractivity contribution in [3.8, 4) is 0 Å². The molecule has 0 aliphatic carbocycles. The minimum absolute atomic E-state index is 0. The third-order valence-electron chi connectivity index (χ3n) is 3.45. The van der Waals surface area contributed by atoms with Gasteiger partial charge in [-0.3, -0.25) is 0 Å². The monoisotopic (exact) mass is 333 g/mol. The van der Waals surface area contributed by atoms with Crippen molar-refractivity contribution in [3.63, 3.8) is 0 Å². The zero-order chi connectivity index (χ0) is 13.5. The summed E-state index contributed by atoms with van der Waals surface area (Å²) in [5.74, 6) is 0. The maximum Gasteiger partial charge on any atom is 0.0801 e. The molecule has 0 aromatic carbocycles. The van der Waals surface area contributed by atoms with Gasteiger partial charge in [-0.05, 0) is 12.8 Å². The largest absolute Gasteiger partial charge is 1.00 e. The van der Waals surface area contributed by atoms with Crippen molar-refractivity contribution in [2.24, 2.45) is 0 Å². The summed E-state index contributed by atoms with van der Waals surface area (Å²) >= 11 is 0. The van der Waals surface area contributed by atoms with Gasteiger partial charge in [-0.25, -0.2) is 0 Å². The van der Waals surface area contributed by atoms with Crippen LogP contribution in [0.1, 0.15) is 77.6 Å². The van der Waals surface area contributed by atoms with Crippen LogP contribution < -0.4 is 21.9 Å². The van der Waals surface area contributed by atoms with Crippen molar-refractivity contribution in [3.05, 3.63) is 12.2 Å². The Labute approximate surface area is 132 Å². The molecule has 0 saturated carbocycles. The number of rotatable bonds is 13. The maximum absolute atomic E-state index is 2.38. The van der Waals surface area contributed by atoms with E-state index in [-0.39, 0.29) is 17.0 Å². The molecule has 0 heterocycles. The lowest BCUT2D eigenvalue weighted by atomic mass is 10.1. The first-order chi connectivity index (χ1) is 8.77. The van der Waals surface area contributed by atoms with E-state index in [1.807, 2.05) is 0 Å². The first-order valence-corrected chi connectivity index (χ1v) is 8.21. The van der Waals surface area contributed by atoms with E-state index in [1.54, 1.807) is 4.90 Å². The van der Waals surface area contributed by atoms with Crippen LogP contribution in [0.2, 0.25) is 0 Å². The first-order valence-electron chi connectivity index (χ1n) is 8.21. The van der Waals surface area contributed by atoms with Crippen LogP contribution in [0.3, 0.4) is 0 Å². The average Bonchev–Trinajstić information content (AvgIpc) is 2.34. The molecule has 1 N–H and O–H groups in total. The zero-order valence-electron chi connectivity index (χ0n) is 13.5. The van der Waals surface area contributed by atoms with Gasteiger partial charge in [0.1, 0.15) is 0 Å². The molecule has 0 aromatic rings. The van der Waals surface area contributed by atoms with Crippen molar-refractivity contribution >= 4 is 0 Å². The van der Waals surface area contributed by atoms with E-state index in [9.17, 15) is 0 Å². The molecule has 0 amide bonds. The summed E-state index contributed by atoms with van der Waals surface area (Å²) in [6.45, 7) is 3.54. The van der Waals surface area contributed by atoms with E-state index in [0.29, 0.717) is 0 Å². The second-order valence-electron chi connectivity index (χ2n) is 5.83. The van der Waals surface area contributed by atoms with Gasteiger partial charge in [0.2, 0.25) is 0 Å². The van der Waals surface area contributed by atoms with Crippen LogP contribution in [-0.2, 0) is 0 Å². The number of hydrogen-bond donors (Lipinski definition) is 1. The molecule has 0 unspecified atom stereocenters. The summed E-state index contributed by atoms with van der Waals surface area (Å²) in [6, 6.07) is 0. The van der Waals surface area contributed by atoms with Crippen LogP contribution in [0.25, 0.3) is 0 Å². The Balaban J connectivity index is 0. The van der Waals surface area contributed by atoms with Crippen molar-refractivity contribution in [2.75, 3.05) is 20.6 Å². The lowest BCUT2D eigenvalue weighted by Crippen LogP contribution is -3.05. The summed E-state index contributed by atoms with van der Waals surface area (Å²) in [7, 11) is 4.43. The standard InChI is InChI=1S/C17H35N.BrH/c1-4-5-6-7-8-9-10-11-12-13-14-15-16-17-18(2)3;/h14-15H,4-13,16-17H2,1-3H3;1H/b15-14+;. The van der Waals surface area contributed by atoms with Gasteiger partial charge in [-0.15, -0.1) is 0 Å². The summed E-state index contributed by atoms with van der Waals surface area (Å²) in [6.07, 6.45) is 20.1. The predicted molar refractivity (Wildman–Crippen MR) is 83.3 cm³/mol. The zero-order valence-corrected chi connectivity index (χ0v) is 15.1. The molecule has 0 atom stereocenters. The topological polar surface area (TPSA) is 4.44 Å². The number of quaternary nitrogens is 1. The Hall–Kier alpha value is 0.180. The molecule has 0 bridgehead atoms. The van der Waals surface area contributed by atoms with Crippen molar-refractivity contribution in [1.29, 1.82) is 0 Å². The molecule has 0 spiro atoms. The highest BCUT2D eigenvalue weighted by molar-refractivity contribution is 4.80. The van der Waals surface area contributed by atoms with Crippen molar-refractivity contribution < 1.29 is 21.9 Å². The Bertz CT molecular complexity index is 178. The van der Waals surface area contributed by atoms with E-state index in [0.717, 1.165) is 0 Å². The SMILES string of the molecule is CCCCCCCCCCC/C=C/CC[NH+](C)C.[Br-]. The Morgan fingerprint density at radius 2 is 1.16 bits per heavy atom. The van der Waals surface area contributed by atoms with Gasteiger partial charge in [-0.1, -0.05) is 70.4 Å². The predicted octanol–water partition coefficient (Wildman–Crippen LogP) is 1.00. The van der Waals surface area contributed by atoms with Crippen LogP contribution in [0.4, 0.5) is 0 Å². The fourth-order valence-electron chi connectivity index (χ4n) is 2.18. The Morgan fingerprint density at radius 1 is 0.684 bits per heavy atom. The van der Waals surface area contributed by atoms with Gasteiger partial charge in [-0.2, -0.15) is 0 Å². The fourth-order valence-corrected chi connectivity index (χ4v) is 2.18. The van der Waals surface area contributed by atoms with Gasteiger partial charge in [0.15, 0.2) is 0 Å². The lowest BCUT2D eigenvalue weighted by molar-refractivity contribution is -0.857. The van der Waals surface area contributed by atoms with E-state index in [1.165, 1.54) is 77.2 Å². The quantitative estimate of drug-likeness (QED) is 0.379. The molecule has 1 nitrogen and oxygen atoms in total. The molecule has 0 fully saturated rings. The number of nitrogens with one attached hydrogen (secondary N) is 1. The molecule has 0 aliphatic rings. The van der Waals surface area contributed by atoms with Crippen LogP contribution in [0.5, 0.6) is 0 Å². The third kappa shape index (κ3) is 20.7. The van der Waals surface area contributed by atoms with Gasteiger partial charge in [0.25, 0.3) is 0 Å². The highest BCUT2D eigenvalue weighted by Gasteiger charge is 1.91. The normalized spacial score (nSPS) is 11.2. The second kappa shape index (κ2) is 18.2. The van der Waals surface area contributed by atoms with E-state index in [2.05, 4.69) is 33.2 Å². The second-order valence-corrected chi connectivity index (χ2v) is 5.83. The van der Waals surface area contributed by atoms with E-state index in [4.69, 9.17) is 0 Å². The van der Waals surface area contributed by atoms with Crippen LogP contribution in [0, 0.1) is 0 Å². The highest BCUT2D eigenvalue weighted by Crippen LogP contribution is 2.10. The molecule has 0 rings (SSSR count). The number of hydrogen-bond acceptors (Lipinski definition) is 0. The van der Waals surface area contributed by atoms with Crippen molar-refractivity contribution in [2.45, 2.75) is 77.6 Å². The van der Waals surface area contributed by atoms with Gasteiger partial charge in [0.05, 0.1) is 20.6 Å². The van der Waals surface area contributed by atoms with Gasteiger partial charge < -0.3 is 21.9 Å². The number of unbranched alkanes of at least 4 members (excludes halogenated alkanes) is 9. The molecular formula is C17H36BrN. The lowest BCUT2D eigenvalue weighted by Gasteiger charge is -2.03. The number of halogens is 1. The summed E-state index contributed by atoms with van der Waals surface area (Å²) in [4.78, 5) is 1.54. The maximum atomic E-state index is 2.38.